The zero-order valence-electron chi connectivity index (χ0n) is 7.23. The van der Waals surface area contributed by atoms with Gasteiger partial charge in [0, 0.05) is 5.56 Å². The lowest BCUT2D eigenvalue weighted by molar-refractivity contribution is 0.854. The smallest absolute Gasteiger partial charge is 0.0960 e. The first-order valence-electron chi connectivity index (χ1n) is 3.82. The van der Waals surface area contributed by atoms with Crippen LogP contribution in [0.15, 0.2) is 18.3 Å². The van der Waals surface area contributed by atoms with Crippen molar-refractivity contribution in [1.29, 1.82) is 0 Å². The fraction of sp³-hybridized carbons (Fsp3) is 0.222. The first-order valence-corrected chi connectivity index (χ1v) is 3.82. The van der Waals surface area contributed by atoms with E-state index in [9.17, 15) is 0 Å². The van der Waals surface area contributed by atoms with E-state index in [2.05, 4.69) is 15.4 Å². The van der Waals surface area contributed by atoms with Gasteiger partial charge in [0.1, 0.15) is 0 Å². The van der Waals surface area contributed by atoms with Crippen LogP contribution in [-0.2, 0) is 0 Å². The molecule has 0 amide bonds. The number of nitrogens with zero attached hydrogens (tertiary/aromatic N) is 3. The quantitative estimate of drug-likeness (QED) is 0.665. The van der Waals surface area contributed by atoms with Crippen molar-refractivity contribution < 1.29 is 0 Å². The van der Waals surface area contributed by atoms with Crippen molar-refractivity contribution >= 4 is 12.2 Å². The highest BCUT2D eigenvalue weighted by molar-refractivity contribution is 5.60. The molecule has 1 heterocycles. The molecule has 0 bridgehead atoms. The number of hydrogen-bond donors (Lipinski definition) is 0. The molecule has 1 aromatic heterocycles. The van der Waals surface area contributed by atoms with Crippen molar-refractivity contribution in [3.63, 3.8) is 0 Å². The Morgan fingerprint density at radius 3 is 2.58 bits per heavy atom. The van der Waals surface area contributed by atoms with Gasteiger partial charge in [-0.2, -0.15) is 0 Å². The molecule has 1 rings (SSSR count). The minimum Gasteiger partial charge on any atom is -0.138 e. The van der Waals surface area contributed by atoms with Gasteiger partial charge in [0.2, 0.25) is 0 Å². The van der Waals surface area contributed by atoms with E-state index in [0.29, 0.717) is 0 Å². The zero-order chi connectivity index (χ0) is 8.81. The first-order chi connectivity index (χ1) is 5.88. The number of allylic oxidation sites excluding steroid dienone is 2. The molecule has 0 unspecified atom stereocenters. The molecule has 0 aromatic carbocycles. The maximum Gasteiger partial charge on any atom is 0.0960 e. The molecule has 0 aliphatic heterocycles. The molecule has 0 atom stereocenters. The van der Waals surface area contributed by atoms with Crippen molar-refractivity contribution in [2.75, 3.05) is 0 Å². The highest BCUT2D eigenvalue weighted by Crippen LogP contribution is 2.06. The van der Waals surface area contributed by atoms with Gasteiger partial charge in [-0.05, 0) is 25.1 Å². The van der Waals surface area contributed by atoms with Crippen LogP contribution in [0, 0.1) is 0 Å². The summed E-state index contributed by atoms with van der Waals surface area (Å²) in [6.07, 6.45) is 9.44. The molecule has 0 N–H and O–H groups in total. The second-order valence-corrected chi connectivity index (χ2v) is 2.27. The molecule has 0 radical (unpaired) electrons. The normalized spacial score (nSPS) is 11.5. The first kappa shape index (κ1) is 8.59. The Balaban J connectivity index is 3.08. The van der Waals surface area contributed by atoms with E-state index in [1.165, 1.54) is 0 Å². The van der Waals surface area contributed by atoms with Gasteiger partial charge in [0.05, 0.1) is 11.9 Å². The lowest BCUT2D eigenvalue weighted by Crippen LogP contribution is -1.92. The number of hydrogen-bond acceptors (Lipinski definition) is 3. The second-order valence-electron chi connectivity index (χ2n) is 2.27. The predicted octanol–water partition coefficient (Wildman–Crippen LogP) is 1.94. The van der Waals surface area contributed by atoms with Gasteiger partial charge in [-0.15, -0.1) is 10.2 Å². The van der Waals surface area contributed by atoms with Gasteiger partial charge in [0.15, 0.2) is 0 Å². The molecule has 1 aromatic rings. The van der Waals surface area contributed by atoms with Gasteiger partial charge in [0.25, 0.3) is 0 Å². The average Bonchev–Trinajstić information content (AvgIpc) is 2.09. The summed E-state index contributed by atoms with van der Waals surface area (Å²) in [6, 6.07) is 0. The van der Waals surface area contributed by atoms with Crippen molar-refractivity contribution in [2.24, 2.45) is 0 Å². The number of aromatic nitrogens is 3. The molecule has 3 nitrogen and oxygen atoms in total. The third-order valence-electron chi connectivity index (χ3n) is 1.37. The van der Waals surface area contributed by atoms with E-state index >= 15 is 0 Å². The molecule has 0 saturated heterocycles. The summed E-state index contributed by atoms with van der Waals surface area (Å²) in [7, 11) is 0. The zero-order valence-corrected chi connectivity index (χ0v) is 7.23. The van der Waals surface area contributed by atoms with Crippen LogP contribution in [0.3, 0.4) is 0 Å². The topological polar surface area (TPSA) is 38.7 Å². The van der Waals surface area contributed by atoms with Crippen LogP contribution in [0.4, 0.5) is 0 Å². The van der Waals surface area contributed by atoms with Gasteiger partial charge >= 0.3 is 0 Å². The maximum absolute atomic E-state index is 3.89. The Hall–Kier alpha value is -1.51. The van der Waals surface area contributed by atoms with Gasteiger partial charge in [-0.1, -0.05) is 18.2 Å². The highest BCUT2D eigenvalue weighted by Gasteiger charge is 1.95. The van der Waals surface area contributed by atoms with Gasteiger partial charge < -0.3 is 0 Å². The van der Waals surface area contributed by atoms with Crippen LogP contribution in [-0.4, -0.2) is 15.4 Å². The van der Waals surface area contributed by atoms with Crippen LogP contribution in [0.25, 0.3) is 12.2 Å². The number of rotatable bonds is 2. The van der Waals surface area contributed by atoms with E-state index < -0.39 is 0 Å². The van der Waals surface area contributed by atoms with Crippen molar-refractivity contribution in [3.8, 4) is 0 Å². The summed E-state index contributed by atoms with van der Waals surface area (Å²) in [5.74, 6) is 0. The summed E-state index contributed by atoms with van der Waals surface area (Å²) in [4.78, 5) is 0. The molecular weight excluding hydrogens is 150 g/mol. The third kappa shape index (κ3) is 1.99. The van der Waals surface area contributed by atoms with Crippen molar-refractivity contribution in [1.82, 2.24) is 15.4 Å². The van der Waals surface area contributed by atoms with E-state index in [4.69, 9.17) is 0 Å². The summed E-state index contributed by atoms with van der Waals surface area (Å²) in [5.41, 5.74) is 1.84. The Morgan fingerprint density at radius 2 is 1.92 bits per heavy atom. The van der Waals surface area contributed by atoms with Crippen LogP contribution in [0.5, 0.6) is 0 Å². The molecule has 12 heavy (non-hydrogen) atoms. The molecular formula is C9H11N3. The molecule has 0 fully saturated rings. The minimum atomic E-state index is 0.852. The second kappa shape index (κ2) is 4.38. The van der Waals surface area contributed by atoms with E-state index in [1.54, 1.807) is 6.20 Å². The van der Waals surface area contributed by atoms with E-state index in [-0.39, 0.29) is 0 Å². The molecule has 0 aliphatic rings. The van der Waals surface area contributed by atoms with Gasteiger partial charge in [-0.3, -0.25) is 0 Å². The Labute approximate surface area is 71.8 Å². The molecule has 0 spiro atoms. The maximum atomic E-state index is 3.89. The van der Waals surface area contributed by atoms with Crippen LogP contribution >= 0.6 is 0 Å². The monoisotopic (exact) mass is 161 g/mol. The van der Waals surface area contributed by atoms with Crippen LogP contribution < -0.4 is 0 Å². The minimum absolute atomic E-state index is 0.852. The van der Waals surface area contributed by atoms with Crippen LogP contribution in [0.2, 0.25) is 0 Å². The molecule has 0 saturated carbocycles. The van der Waals surface area contributed by atoms with Crippen molar-refractivity contribution in [3.05, 3.63) is 29.6 Å². The standard InChI is InChI=1S/C9H11N3/c1-3-5-8-7-10-12-11-9(8)6-4-2/h3-7H,1-2H3. The highest BCUT2D eigenvalue weighted by atomic mass is 15.3. The fourth-order valence-electron chi connectivity index (χ4n) is 0.881. The summed E-state index contributed by atoms with van der Waals surface area (Å²) >= 11 is 0. The fourth-order valence-corrected chi connectivity index (χ4v) is 0.881. The van der Waals surface area contributed by atoms with E-state index in [1.807, 2.05) is 38.2 Å². The Morgan fingerprint density at radius 1 is 1.17 bits per heavy atom. The lowest BCUT2D eigenvalue weighted by Gasteiger charge is -1.94. The third-order valence-corrected chi connectivity index (χ3v) is 1.37. The average molecular weight is 161 g/mol. The predicted molar refractivity (Wildman–Crippen MR) is 49.2 cm³/mol. The van der Waals surface area contributed by atoms with Gasteiger partial charge in [-0.25, -0.2) is 0 Å². The molecule has 0 aliphatic carbocycles. The Bertz CT molecular complexity index is 271. The lowest BCUT2D eigenvalue weighted by atomic mass is 10.2. The summed E-state index contributed by atoms with van der Waals surface area (Å²) in [6.45, 7) is 3.90. The summed E-state index contributed by atoms with van der Waals surface area (Å²) < 4.78 is 0. The van der Waals surface area contributed by atoms with Crippen molar-refractivity contribution in [2.45, 2.75) is 13.8 Å². The SMILES string of the molecule is CC=Cc1cnnnc1C=CC. The van der Waals surface area contributed by atoms with Crippen LogP contribution in [0.1, 0.15) is 25.1 Å². The Kier molecular flexibility index (Phi) is 3.14. The van der Waals surface area contributed by atoms with E-state index in [0.717, 1.165) is 11.3 Å². The largest absolute Gasteiger partial charge is 0.138 e. The molecule has 3 heteroatoms. The molecule has 62 valence electrons. The summed E-state index contributed by atoms with van der Waals surface area (Å²) in [5, 5.41) is 11.1.